The summed E-state index contributed by atoms with van der Waals surface area (Å²) in [5.74, 6) is 1.26. The van der Waals surface area contributed by atoms with Crippen molar-refractivity contribution in [2.75, 3.05) is 42.9 Å². The van der Waals surface area contributed by atoms with Crippen LogP contribution in [0.1, 0.15) is 18.4 Å². The first kappa shape index (κ1) is 19.4. The molecule has 2 fully saturated rings. The molecule has 3 aromatic rings. The molecular formula is C21H25ClN8. The maximum Gasteiger partial charge on any atom is 0.228 e. The highest BCUT2D eigenvalue weighted by Crippen LogP contribution is 2.27. The van der Waals surface area contributed by atoms with Crippen molar-refractivity contribution in [3.8, 4) is 0 Å². The molecule has 1 aromatic carbocycles. The number of rotatable bonds is 5. The fourth-order valence-electron chi connectivity index (χ4n) is 4.20. The van der Waals surface area contributed by atoms with Gasteiger partial charge >= 0.3 is 0 Å². The van der Waals surface area contributed by atoms with E-state index in [1.54, 1.807) is 6.20 Å². The summed E-state index contributed by atoms with van der Waals surface area (Å²) >= 11 is 6.35. The summed E-state index contributed by atoms with van der Waals surface area (Å²) in [7, 11) is 0. The quantitative estimate of drug-likeness (QED) is 0.646. The summed E-state index contributed by atoms with van der Waals surface area (Å²) in [6, 6.07) is 10.1. The van der Waals surface area contributed by atoms with E-state index in [1.807, 2.05) is 18.2 Å². The molecule has 2 aliphatic rings. The summed E-state index contributed by atoms with van der Waals surface area (Å²) in [6.45, 7) is 5.75. The van der Waals surface area contributed by atoms with E-state index in [4.69, 9.17) is 16.6 Å². The predicted molar refractivity (Wildman–Crippen MR) is 119 cm³/mol. The third-order valence-corrected chi connectivity index (χ3v) is 5.99. The van der Waals surface area contributed by atoms with E-state index in [1.165, 1.54) is 0 Å². The average Bonchev–Trinajstić information content (AvgIpc) is 3.29. The van der Waals surface area contributed by atoms with E-state index >= 15 is 0 Å². The fourth-order valence-corrected chi connectivity index (χ4v) is 4.40. The third kappa shape index (κ3) is 4.03. The molecule has 0 saturated carbocycles. The highest BCUT2D eigenvalue weighted by atomic mass is 35.5. The average molecular weight is 425 g/mol. The summed E-state index contributed by atoms with van der Waals surface area (Å²) in [5, 5.41) is 7.03. The van der Waals surface area contributed by atoms with Crippen LogP contribution in [0, 0.1) is 0 Å². The van der Waals surface area contributed by atoms with Crippen molar-refractivity contribution in [2.24, 2.45) is 0 Å². The van der Waals surface area contributed by atoms with Gasteiger partial charge in [-0.2, -0.15) is 4.98 Å². The van der Waals surface area contributed by atoms with Crippen LogP contribution in [0.4, 0.5) is 11.8 Å². The highest BCUT2D eigenvalue weighted by molar-refractivity contribution is 6.32. The van der Waals surface area contributed by atoms with Gasteiger partial charge in [-0.3, -0.25) is 4.90 Å². The van der Waals surface area contributed by atoms with Gasteiger partial charge < -0.3 is 15.5 Å². The minimum atomic E-state index is 0.328. The molecule has 9 heteroatoms. The van der Waals surface area contributed by atoms with E-state index in [0.717, 1.165) is 51.1 Å². The van der Waals surface area contributed by atoms with E-state index in [0.29, 0.717) is 40.8 Å². The van der Waals surface area contributed by atoms with Gasteiger partial charge in [0.15, 0.2) is 16.6 Å². The van der Waals surface area contributed by atoms with Gasteiger partial charge in [0.1, 0.15) is 5.52 Å². The van der Waals surface area contributed by atoms with Gasteiger partial charge in [0, 0.05) is 39.3 Å². The Bertz CT molecular complexity index is 1010. The van der Waals surface area contributed by atoms with Gasteiger partial charge in [-0.05, 0) is 18.4 Å². The lowest BCUT2D eigenvalue weighted by Crippen LogP contribution is -2.53. The van der Waals surface area contributed by atoms with Gasteiger partial charge in [0.05, 0.1) is 12.4 Å². The summed E-state index contributed by atoms with van der Waals surface area (Å²) in [6.07, 6.45) is 4.36. The molecule has 30 heavy (non-hydrogen) atoms. The molecule has 2 aromatic heterocycles. The van der Waals surface area contributed by atoms with Crippen molar-refractivity contribution in [2.45, 2.75) is 25.6 Å². The maximum absolute atomic E-state index is 6.35. The molecule has 8 nitrogen and oxygen atoms in total. The molecule has 1 atom stereocenters. The van der Waals surface area contributed by atoms with Crippen LogP contribution in [-0.4, -0.2) is 63.7 Å². The van der Waals surface area contributed by atoms with Crippen molar-refractivity contribution < 1.29 is 0 Å². The molecule has 1 unspecified atom stereocenters. The molecule has 0 radical (unpaired) electrons. The molecular weight excluding hydrogens is 400 g/mol. The lowest BCUT2D eigenvalue weighted by Gasteiger charge is -2.37. The van der Waals surface area contributed by atoms with Crippen LogP contribution in [0.25, 0.3) is 11.2 Å². The van der Waals surface area contributed by atoms with Crippen LogP contribution in [0.2, 0.25) is 5.15 Å². The summed E-state index contributed by atoms with van der Waals surface area (Å²) < 4.78 is 0. The van der Waals surface area contributed by atoms with Crippen LogP contribution >= 0.6 is 11.6 Å². The molecule has 0 aliphatic carbocycles. The van der Waals surface area contributed by atoms with E-state index in [9.17, 15) is 0 Å². The minimum absolute atomic E-state index is 0.328. The van der Waals surface area contributed by atoms with E-state index in [2.05, 4.69) is 47.5 Å². The van der Waals surface area contributed by atoms with Crippen LogP contribution < -0.4 is 15.5 Å². The lowest BCUT2D eigenvalue weighted by molar-refractivity contribution is 0.176. The van der Waals surface area contributed by atoms with E-state index in [-0.39, 0.29) is 0 Å². The van der Waals surface area contributed by atoms with E-state index < -0.39 is 0 Å². The maximum atomic E-state index is 6.35. The number of anilines is 2. The molecule has 0 bridgehead atoms. The fraction of sp³-hybridized carbons (Fsp3) is 0.429. The summed E-state index contributed by atoms with van der Waals surface area (Å²) in [5.41, 5.74) is 2.31. The normalized spacial score (nSPS) is 20.0. The molecule has 4 heterocycles. The first-order valence-electron chi connectivity index (χ1n) is 10.5. The number of hydrogen-bond acceptors (Lipinski definition) is 8. The molecule has 2 N–H and O–H groups in total. The molecule has 0 amide bonds. The van der Waals surface area contributed by atoms with Crippen molar-refractivity contribution >= 4 is 34.5 Å². The summed E-state index contributed by atoms with van der Waals surface area (Å²) in [4.78, 5) is 23.3. The number of aromatic nitrogens is 4. The number of fused-ring (bicyclic) bond motifs is 1. The highest BCUT2D eigenvalue weighted by Gasteiger charge is 2.32. The number of piperazine rings is 1. The zero-order valence-electron chi connectivity index (χ0n) is 16.8. The second-order valence-corrected chi connectivity index (χ2v) is 8.04. The zero-order chi connectivity index (χ0) is 20.3. The predicted octanol–water partition coefficient (Wildman–Crippen LogP) is 2.52. The number of nitrogens with zero attached hydrogens (tertiary/aromatic N) is 6. The smallest absolute Gasteiger partial charge is 0.228 e. The Morgan fingerprint density at radius 3 is 2.73 bits per heavy atom. The van der Waals surface area contributed by atoms with Crippen LogP contribution in [-0.2, 0) is 6.54 Å². The second-order valence-electron chi connectivity index (χ2n) is 7.68. The zero-order valence-corrected chi connectivity index (χ0v) is 17.5. The SMILES string of the molecule is Clc1nc2cnc(N3CCCC3N3CCNCC3)nc2nc1NCc1ccccc1. The second kappa shape index (κ2) is 8.67. The Hall–Kier alpha value is -2.55. The van der Waals surface area contributed by atoms with Crippen molar-refractivity contribution in [3.05, 3.63) is 47.2 Å². The van der Waals surface area contributed by atoms with Crippen molar-refractivity contribution in [1.82, 2.24) is 30.2 Å². The Balaban J connectivity index is 1.39. The van der Waals surface area contributed by atoms with Crippen LogP contribution in [0.5, 0.6) is 0 Å². The Morgan fingerprint density at radius 1 is 1.07 bits per heavy atom. The van der Waals surface area contributed by atoms with Crippen LogP contribution in [0.3, 0.4) is 0 Å². The van der Waals surface area contributed by atoms with Gasteiger partial charge in [-0.15, -0.1) is 0 Å². The molecule has 2 aliphatic heterocycles. The van der Waals surface area contributed by atoms with Gasteiger partial charge in [-0.1, -0.05) is 41.9 Å². The molecule has 156 valence electrons. The first-order chi connectivity index (χ1) is 14.8. The van der Waals surface area contributed by atoms with Gasteiger partial charge in [-0.25, -0.2) is 15.0 Å². The Labute approximate surface area is 180 Å². The third-order valence-electron chi connectivity index (χ3n) is 5.72. The molecule has 0 spiro atoms. The molecule has 5 rings (SSSR count). The Morgan fingerprint density at radius 2 is 1.90 bits per heavy atom. The first-order valence-corrected chi connectivity index (χ1v) is 10.9. The number of nitrogens with one attached hydrogen (secondary N) is 2. The van der Waals surface area contributed by atoms with Gasteiger partial charge in [0.25, 0.3) is 0 Å². The van der Waals surface area contributed by atoms with Gasteiger partial charge in [0.2, 0.25) is 5.95 Å². The van der Waals surface area contributed by atoms with Crippen LogP contribution in [0.15, 0.2) is 36.5 Å². The topological polar surface area (TPSA) is 82.1 Å². The number of halogens is 1. The monoisotopic (exact) mass is 424 g/mol. The van der Waals surface area contributed by atoms with Crippen molar-refractivity contribution in [3.63, 3.8) is 0 Å². The standard InChI is InChI=1S/C21H25ClN8/c22-18-20(24-13-15-5-2-1-3-6-15)27-19-16(26-18)14-25-21(28-19)30-10-4-7-17(30)29-11-8-23-9-12-29/h1-3,5-6,14,17,23H,4,7-13H2,(H,24,25,27,28). The number of benzene rings is 1. The molecule has 2 saturated heterocycles. The number of hydrogen-bond donors (Lipinski definition) is 2. The Kier molecular flexibility index (Phi) is 5.61. The largest absolute Gasteiger partial charge is 0.363 e. The lowest BCUT2D eigenvalue weighted by atomic mass is 10.2. The van der Waals surface area contributed by atoms with Crippen molar-refractivity contribution in [1.29, 1.82) is 0 Å². The minimum Gasteiger partial charge on any atom is -0.363 e.